The number of Topliss-reactive ketones (excluding diaryl/α,β-unsaturated/α-hetero) is 4. The Balaban J connectivity index is 3.03. The molecular formula is C29H44N8O8. The summed E-state index contributed by atoms with van der Waals surface area (Å²) in [6.45, 7) is 3.88. The van der Waals surface area contributed by atoms with Crippen LogP contribution in [0.2, 0.25) is 0 Å². The van der Waals surface area contributed by atoms with E-state index in [4.69, 9.17) is 34.4 Å². The van der Waals surface area contributed by atoms with Crippen LogP contribution in [0, 0.1) is 5.92 Å². The predicted molar refractivity (Wildman–Crippen MR) is 165 cm³/mol. The molecule has 0 bridgehead atoms. The average Bonchev–Trinajstić information content (AvgIpc) is 3.51. The van der Waals surface area contributed by atoms with Crippen molar-refractivity contribution in [2.45, 2.75) is 82.6 Å². The number of hydrogen-bond donors (Lipinski definition) is 9. The third-order valence-corrected chi connectivity index (χ3v) is 7.60. The Morgan fingerprint density at radius 3 is 2.07 bits per heavy atom. The first-order chi connectivity index (χ1) is 21.0. The van der Waals surface area contributed by atoms with E-state index in [2.05, 4.69) is 10.3 Å². The van der Waals surface area contributed by atoms with Crippen LogP contribution in [-0.2, 0) is 16.0 Å². The van der Waals surface area contributed by atoms with Gasteiger partial charge in [-0.05, 0) is 56.2 Å². The number of aliphatic imine (C=N–C) groups is 1. The molecule has 0 spiro atoms. The first-order valence-corrected chi connectivity index (χ1v) is 14.6. The fourth-order valence-corrected chi connectivity index (χ4v) is 5.07. The molecule has 1 saturated heterocycles. The number of nitrogens with one attached hydrogen (secondary N) is 1. The van der Waals surface area contributed by atoms with Crippen LogP contribution in [0.4, 0.5) is 0 Å². The molecule has 1 aliphatic rings. The molecule has 5 unspecified atom stereocenters. The van der Waals surface area contributed by atoms with E-state index < -0.39 is 101 Å². The van der Waals surface area contributed by atoms with E-state index in [0.29, 0.717) is 19.4 Å². The Bertz CT molecular complexity index is 1350. The summed E-state index contributed by atoms with van der Waals surface area (Å²) in [4.78, 5) is 83.3. The smallest absolute Gasteiger partial charge is 0.320 e. The molecule has 16 heteroatoms. The van der Waals surface area contributed by atoms with Crippen LogP contribution in [0.25, 0.3) is 0 Å². The number of carboxylic acids is 2. The minimum absolute atomic E-state index is 0.0512. The maximum absolute atomic E-state index is 14.1. The normalized spacial score (nSPS) is 17.3. The monoisotopic (exact) mass is 632 g/mol. The first-order valence-electron chi connectivity index (χ1n) is 14.6. The van der Waals surface area contributed by atoms with Crippen molar-refractivity contribution >= 4 is 41.0 Å². The van der Waals surface area contributed by atoms with Crippen molar-refractivity contribution in [3.63, 3.8) is 0 Å². The lowest BCUT2D eigenvalue weighted by Crippen LogP contribution is -2.43. The average molecular weight is 633 g/mol. The lowest BCUT2D eigenvalue weighted by Gasteiger charge is -2.26. The standard InChI is InChI=1S/C29H44N8O8/c1-12(2)23(33)27(43)20-13(10-17(32)28(44)45)9-14(24(40)15(30)5-3-8-37-29(34)35)21(26(42)18-6-4-7-36-18)22(20)25(41)16(31)11-19(38)39/h9,12,15-18,23,36H,3-8,10-11,30-33H2,1-2H3,(H,38,39)(H,44,45)(H4,34,35,37). The zero-order chi connectivity index (χ0) is 34.2. The van der Waals surface area contributed by atoms with Gasteiger partial charge in [0.15, 0.2) is 29.1 Å². The molecule has 248 valence electrons. The number of benzene rings is 1. The van der Waals surface area contributed by atoms with Crippen LogP contribution in [0.15, 0.2) is 11.1 Å². The number of aliphatic carboxylic acids is 2. The summed E-state index contributed by atoms with van der Waals surface area (Å²) in [7, 11) is 0. The van der Waals surface area contributed by atoms with Gasteiger partial charge in [-0.15, -0.1) is 0 Å². The van der Waals surface area contributed by atoms with Crippen LogP contribution < -0.4 is 39.7 Å². The molecule has 1 fully saturated rings. The van der Waals surface area contributed by atoms with E-state index in [9.17, 15) is 39.0 Å². The van der Waals surface area contributed by atoms with Crippen molar-refractivity contribution in [2.24, 2.45) is 45.3 Å². The van der Waals surface area contributed by atoms with Gasteiger partial charge in [-0.25, -0.2) is 0 Å². The lowest BCUT2D eigenvalue weighted by atomic mass is 9.77. The first kappa shape index (κ1) is 37.1. The molecule has 15 N–H and O–H groups in total. The van der Waals surface area contributed by atoms with Gasteiger partial charge in [-0.1, -0.05) is 13.8 Å². The second kappa shape index (κ2) is 16.3. The molecule has 16 nitrogen and oxygen atoms in total. The van der Waals surface area contributed by atoms with Crippen LogP contribution in [0.1, 0.15) is 92.9 Å². The number of rotatable bonds is 18. The van der Waals surface area contributed by atoms with Gasteiger partial charge in [-0.3, -0.25) is 33.8 Å². The third kappa shape index (κ3) is 9.45. The molecular weight excluding hydrogens is 588 g/mol. The minimum Gasteiger partial charge on any atom is -0.481 e. The summed E-state index contributed by atoms with van der Waals surface area (Å²) in [5.41, 5.74) is 33.0. The SMILES string of the molecule is CC(C)C(N)C(=O)c1c(CC(N)C(=O)O)cc(C(=O)C(N)CCCN=C(N)N)c(C(=O)C2CCCN2)c1C(=O)C(N)CC(=O)O. The molecule has 0 radical (unpaired) electrons. The van der Waals surface area contributed by atoms with Gasteiger partial charge in [0.05, 0.1) is 30.6 Å². The molecule has 1 aliphatic heterocycles. The largest absolute Gasteiger partial charge is 0.481 e. The Hall–Kier alpha value is -4.09. The van der Waals surface area contributed by atoms with E-state index in [1.807, 2.05) is 0 Å². The van der Waals surface area contributed by atoms with Crippen molar-refractivity contribution in [3.05, 3.63) is 33.9 Å². The predicted octanol–water partition coefficient (Wildman–Crippen LogP) is -1.71. The molecule has 0 amide bonds. The highest BCUT2D eigenvalue weighted by atomic mass is 16.4. The zero-order valence-corrected chi connectivity index (χ0v) is 25.5. The highest BCUT2D eigenvalue weighted by Crippen LogP contribution is 2.32. The quantitative estimate of drug-likeness (QED) is 0.0376. The van der Waals surface area contributed by atoms with Gasteiger partial charge in [0.1, 0.15) is 6.04 Å². The molecule has 2 rings (SSSR count). The number of carboxylic acid groups (broad SMARTS) is 2. The summed E-state index contributed by atoms with van der Waals surface area (Å²) < 4.78 is 0. The number of ketones is 4. The van der Waals surface area contributed by atoms with Crippen molar-refractivity contribution in [2.75, 3.05) is 13.1 Å². The van der Waals surface area contributed by atoms with Gasteiger partial charge in [-0.2, -0.15) is 0 Å². The van der Waals surface area contributed by atoms with Gasteiger partial charge in [0, 0.05) is 28.8 Å². The Morgan fingerprint density at radius 2 is 1.56 bits per heavy atom. The molecule has 0 saturated carbocycles. The molecule has 0 aliphatic carbocycles. The summed E-state index contributed by atoms with van der Waals surface area (Å²) >= 11 is 0. The molecule has 0 aromatic heterocycles. The number of carbonyl (C=O) groups excluding carboxylic acids is 4. The van der Waals surface area contributed by atoms with Crippen LogP contribution in [-0.4, -0.2) is 94.5 Å². The van der Waals surface area contributed by atoms with Crippen LogP contribution in [0.3, 0.4) is 0 Å². The van der Waals surface area contributed by atoms with E-state index in [-0.39, 0.29) is 36.5 Å². The fourth-order valence-electron chi connectivity index (χ4n) is 5.07. The van der Waals surface area contributed by atoms with Gasteiger partial charge in [0.25, 0.3) is 0 Å². The second-order valence-corrected chi connectivity index (χ2v) is 11.5. The number of nitrogens with zero attached hydrogens (tertiary/aromatic N) is 1. The molecule has 1 aromatic carbocycles. The summed E-state index contributed by atoms with van der Waals surface area (Å²) in [6, 6.07) is -5.52. The Morgan fingerprint density at radius 1 is 0.911 bits per heavy atom. The van der Waals surface area contributed by atoms with Crippen molar-refractivity contribution < 1.29 is 39.0 Å². The van der Waals surface area contributed by atoms with Gasteiger partial charge in [0.2, 0.25) is 0 Å². The third-order valence-electron chi connectivity index (χ3n) is 7.60. The van der Waals surface area contributed by atoms with Gasteiger partial charge >= 0.3 is 11.9 Å². The zero-order valence-electron chi connectivity index (χ0n) is 25.5. The molecule has 45 heavy (non-hydrogen) atoms. The number of carbonyl (C=O) groups is 6. The maximum atomic E-state index is 14.1. The lowest BCUT2D eigenvalue weighted by molar-refractivity contribution is -0.139. The summed E-state index contributed by atoms with van der Waals surface area (Å²) in [5, 5.41) is 22.0. The maximum Gasteiger partial charge on any atom is 0.320 e. The summed E-state index contributed by atoms with van der Waals surface area (Å²) in [6.07, 6.45) is -0.163. The van der Waals surface area contributed by atoms with E-state index in [1.54, 1.807) is 13.8 Å². The minimum atomic E-state index is -1.74. The topological polar surface area (TPSA) is 323 Å². The number of hydrogen-bond acceptors (Lipinski definition) is 12. The molecule has 1 aromatic rings. The highest BCUT2D eigenvalue weighted by Gasteiger charge is 2.39. The van der Waals surface area contributed by atoms with Crippen molar-refractivity contribution in [3.8, 4) is 0 Å². The van der Waals surface area contributed by atoms with E-state index in [0.717, 1.165) is 6.07 Å². The molecule has 1 heterocycles. The fraction of sp³-hybridized carbons (Fsp3) is 0.552. The summed E-state index contributed by atoms with van der Waals surface area (Å²) in [5.74, 6) is -6.98. The van der Waals surface area contributed by atoms with E-state index >= 15 is 0 Å². The van der Waals surface area contributed by atoms with E-state index in [1.165, 1.54) is 0 Å². The van der Waals surface area contributed by atoms with Gasteiger partial charge < -0.3 is 49.9 Å². The van der Waals surface area contributed by atoms with Crippen molar-refractivity contribution in [1.82, 2.24) is 5.32 Å². The second-order valence-electron chi connectivity index (χ2n) is 11.5. The van der Waals surface area contributed by atoms with Crippen LogP contribution in [0.5, 0.6) is 0 Å². The highest BCUT2D eigenvalue weighted by molar-refractivity contribution is 6.23. The van der Waals surface area contributed by atoms with Crippen LogP contribution >= 0.6 is 0 Å². The number of guanidine groups is 1. The Labute approximate surface area is 260 Å². The van der Waals surface area contributed by atoms with Crippen molar-refractivity contribution in [1.29, 1.82) is 0 Å². The molecule has 5 atom stereocenters. The Kier molecular flexibility index (Phi) is 13.4. The number of nitrogens with two attached hydrogens (primary N) is 6.